The van der Waals surface area contributed by atoms with E-state index in [4.69, 9.17) is 4.74 Å². The fourth-order valence-electron chi connectivity index (χ4n) is 5.01. The number of esters is 1. The third-order valence-electron chi connectivity index (χ3n) is 6.46. The first-order valence-electron chi connectivity index (χ1n) is 10.3. The van der Waals surface area contributed by atoms with Crippen LogP contribution in [0.15, 0.2) is 78.9 Å². The number of hydrogen-bond acceptors (Lipinski definition) is 3. The highest BCUT2D eigenvalue weighted by molar-refractivity contribution is 5.99. The Labute approximate surface area is 176 Å². The monoisotopic (exact) mass is 397 g/mol. The van der Waals surface area contributed by atoms with Crippen LogP contribution < -0.4 is 0 Å². The van der Waals surface area contributed by atoms with Crippen LogP contribution in [0.1, 0.15) is 68.2 Å². The molecule has 1 fully saturated rings. The number of rotatable bonds is 3. The van der Waals surface area contributed by atoms with E-state index in [2.05, 4.69) is 35.2 Å². The average Bonchev–Trinajstić information content (AvgIpc) is 3.11. The van der Waals surface area contributed by atoms with Crippen LogP contribution in [0.25, 0.3) is 0 Å². The van der Waals surface area contributed by atoms with Crippen molar-refractivity contribution in [2.45, 2.75) is 30.8 Å². The van der Waals surface area contributed by atoms with Crippen LogP contribution in [0.2, 0.25) is 0 Å². The molecule has 1 saturated heterocycles. The third-order valence-corrected chi connectivity index (χ3v) is 6.46. The number of nitrogens with zero attached hydrogens (tertiary/aromatic N) is 1. The topological polar surface area (TPSA) is 46.6 Å². The molecule has 0 unspecified atom stereocenters. The Bertz CT molecular complexity index is 1090. The summed E-state index contributed by atoms with van der Waals surface area (Å²) in [6.45, 7) is 0. The van der Waals surface area contributed by atoms with Crippen LogP contribution in [0.5, 0.6) is 0 Å². The highest BCUT2D eigenvalue weighted by Gasteiger charge is 2.46. The lowest BCUT2D eigenvalue weighted by molar-refractivity contribution is 0.0478. The molecule has 1 amide bonds. The van der Waals surface area contributed by atoms with Crippen molar-refractivity contribution < 1.29 is 14.3 Å². The normalized spacial score (nSPS) is 22.4. The van der Waals surface area contributed by atoms with Gasteiger partial charge in [-0.2, -0.15) is 0 Å². The molecule has 0 spiro atoms. The Balaban J connectivity index is 1.56. The van der Waals surface area contributed by atoms with Crippen molar-refractivity contribution in [3.63, 3.8) is 0 Å². The van der Waals surface area contributed by atoms with E-state index in [0.717, 1.165) is 29.5 Å². The minimum absolute atomic E-state index is 0.0412. The van der Waals surface area contributed by atoms with Crippen LogP contribution >= 0.6 is 0 Å². The molecule has 4 heteroatoms. The van der Waals surface area contributed by atoms with Gasteiger partial charge in [0.2, 0.25) is 0 Å². The minimum atomic E-state index is -0.352. The summed E-state index contributed by atoms with van der Waals surface area (Å²) in [5, 5.41) is 0. The van der Waals surface area contributed by atoms with Crippen molar-refractivity contribution in [1.82, 2.24) is 4.90 Å². The number of piperidine rings is 1. The van der Waals surface area contributed by atoms with Gasteiger partial charge in [-0.15, -0.1) is 0 Å². The molecule has 0 saturated carbocycles. The van der Waals surface area contributed by atoms with Crippen LogP contribution in [-0.4, -0.2) is 23.9 Å². The van der Waals surface area contributed by atoms with Crippen LogP contribution in [0.4, 0.5) is 0 Å². The Kier molecular flexibility index (Phi) is 4.62. The van der Waals surface area contributed by atoms with Gasteiger partial charge in [-0.05, 0) is 53.6 Å². The standard InChI is InChI=1S/C26H23NO3/c1-30-26(29)19-13-11-18(12-14-19)23-15-20(17-7-3-2-4-8-17)16-24-21-9-5-6-10-22(21)25(28)27(23)24/h2-14,20,23-24H,15-16H2,1H3/t20-,23+,24+/m1/s1. The molecule has 0 aromatic heterocycles. The van der Waals surface area contributed by atoms with E-state index in [0.29, 0.717) is 11.5 Å². The number of ether oxygens (including phenoxy) is 1. The third kappa shape index (κ3) is 3.00. The second kappa shape index (κ2) is 7.45. The lowest BCUT2D eigenvalue weighted by Crippen LogP contribution is -2.38. The molecule has 150 valence electrons. The summed E-state index contributed by atoms with van der Waals surface area (Å²) in [6.07, 6.45) is 1.78. The molecule has 4 nitrogen and oxygen atoms in total. The summed E-state index contributed by atoms with van der Waals surface area (Å²) in [5.74, 6) is 0.107. The van der Waals surface area contributed by atoms with E-state index in [-0.39, 0.29) is 24.0 Å². The molecule has 3 aromatic rings. The van der Waals surface area contributed by atoms with Gasteiger partial charge in [0, 0.05) is 5.56 Å². The second-order valence-electron chi connectivity index (χ2n) is 8.02. The summed E-state index contributed by atoms with van der Waals surface area (Å²) in [7, 11) is 1.38. The van der Waals surface area contributed by atoms with Gasteiger partial charge in [0.15, 0.2) is 0 Å². The highest BCUT2D eigenvalue weighted by Crippen LogP contribution is 2.52. The van der Waals surface area contributed by atoms with Crippen molar-refractivity contribution in [3.05, 3.63) is 107 Å². The van der Waals surface area contributed by atoms with E-state index in [1.807, 2.05) is 36.4 Å². The average molecular weight is 397 g/mol. The number of amides is 1. The van der Waals surface area contributed by atoms with Crippen LogP contribution in [0, 0.1) is 0 Å². The summed E-state index contributed by atoms with van der Waals surface area (Å²) >= 11 is 0. The molecule has 0 N–H and O–H groups in total. The highest BCUT2D eigenvalue weighted by atomic mass is 16.5. The fourth-order valence-corrected chi connectivity index (χ4v) is 5.01. The zero-order valence-electron chi connectivity index (χ0n) is 16.8. The number of methoxy groups -OCH3 is 1. The van der Waals surface area contributed by atoms with Gasteiger partial charge in [-0.3, -0.25) is 4.79 Å². The fraction of sp³-hybridized carbons (Fsp3) is 0.231. The Morgan fingerprint density at radius 2 is 1.50 bits per heavy atom. The molecule has 0 aliphatic carbocycles. The summed E-state index contributed by atoms with van der Waals surface area (Å²) in [5.41, 5.74) is 4.82. The van der Waals surface area contributed by atoms with Gasteiger partial charge < -0.3 is 9.64 Å². The molecule has 30 heavy (non-hydrogen) atoms. The predicted octanol–water partition coefficient (Wildman–Crippen LogP) is 5.29. The maximum absolute atomic E-state index is 13.3. The SMILES string of the molecule is COC(=O)c1ccc([C@@H]2C[C@@H](c3ccccc3)C[C@H]3c4ccccc4C(=O)N23)cc1. The Hall–Kier alpha value is -3.40. The minimum Gasteiger partial charge on any atom is -0.465 e. The lowest BCUT2D eigenvalue weighted by atomic mass is 9.79. The first kappa shape index (κ1) is 18.6. The van der Waals surface area contributed by atoms with E-state index >= 15 is 0 Å². The molecule has 0 radical (unpaired) electrons. The Morgan fingerprint density at radius 1 is 0.833 bits per heavy atom. The molecule has 0 bridgehead atoms. The molecule has 2 aliphatic rings. The maximum Gasteiger partial charge on any atom is 0.337 e. The number of carbonyl (C=O) groups is 2. The van der Waals surface area contributed by atoms with E-state index in [1.54, 1.807) is 12.1 Å². The zero-order chi connectivity index (χ0) is 20.7. The first-order chi connectivity index (χ1) is 14.7. The summed E-state index contributed by atoms with van der Waals surface area (Å²) < 4.78 is 4.82. The summed E-state index contributed by atoms with van der Waals surface area (Å²) in [6, 6.07) is 26.0. The van der Waals surface area contributed by atoms with Crippen molar-refractivity contribution in [2.24, 2.45) is 0 Å². The number of carbonyl (C=O) groups excluding carboxylic acids is 2. The molecule has 2 aliphatic heterocycles. The quantitative estimate of drug-likeness (QED) is 0.564. The Morgan fingerprint density at radius 3 is 2.23 bits per heavy atom. The largest absolute Gasteiger partial charge is 0.465 e. The predicted molar refractivity (Wildman–Crippen MR) is 114 cm³/mol. The van der Waals surface area contributed by atoms with Gasteiger partial charge in [-0.25, -0.2) is 4.79 Å². The van der Waals surface area contributed by atoms with Crippen molar-refractivity contribution in [2.75, 3.05) is 7.11 Å². The van der Waals surface area contributed by atoms with E-state index in [9.17, 15) is 9.59 Å². The molecule has 2 heterocycles. The maximum atomic E-state index is 13.3. The van der Waals surface area contributed by atoms with E-state index < -0.39 is 0 Å². The summed E-state index contributed by atoms with van der Waals surface area (Å²) in [4.78, 5) is 27.2. The van der Waals surface area contributed by atoms with E-state index in [1.165, 1.54) is 12.7 Å². The zero-order valence-corrected chi connectivity index (χ0v) is 16.8. The lowest BCUT2D eigenvalue weighted by Gasteiger charge is -2.42. The molecule has 3 atom stereocenters. The van der Waals surface area contributed by atoms with Gasteiger partial charge in [0.1, 0.15) is 0 Å². The van der Waals surface area contributed by atoms with Crippen molar-refractivity contribution in [3.8, 4) is 0 Å². The molecular formula is C26H23NO3. The first-order valence-corrected chi connectivity index (χ1v) is 10.3. The van der Waals surface area contributed by atoms with Gasteiger partial charge >= 0.3 is 5.97 Å². The van der Waals surface area contributed by atoms with Gasteiger partial charge in [0.25, 0.3) is 5.91 Å². The van der Waals surface area contributed by atoms with Gasteiger partial charge in [-0.1, -0.05) is 60.7 Å². The number of benzene rings is 3. The number of hydrogen-bond donors (Lipinski definition) is 0. The smallest absolute Gasteiger partial charge is 0.337 e. The molecule has 5 rings (SSSR count). The molecule has 3 aromatic carbocycles. The number of fused-ring (bicyclic) bond motifs is 3. The van der Waals surface area contributed by atoms with Crippen LogP contribution in [0.3, 0.4) is 0 Å². The van der Waals surface area contributed by atoms with Crippen LogP contribution in [-0.2, 0) is 4.74 Å². The molecular weight excluding hydrogens is 374 g/mol. The van der Waals surface area contributed by atoms with Crippen molar-refractivity contribution in [1.29, 1.82) is 0 Å². The second-order valence-corrected chi connectivity index (χ2v) is 8.02. The van der Waals surface area contributed by atoms with Gasteiger partial charge in [0.05, 0.1) is 24.8 Å². The van der Waals surface area contributed by atoms with Crippen molar-refractivity contribution >= 4 is 11.9 Å².